The molecule has 1 unspecified atom stereocenters. The normalized spacial score (nSPS) is 18.8. The quantitative estimate of drug-likeness (QED) is 0.488. The maximum atomic E-state index is 12.6. The molecule has 154 valence electrons. The Morgan fingerprint density at radius 3 is 2.19 bits per heavy atom. The molecule has 3 nitrogen and oxygen atoms in total. The minimum Gasteiger partial charge on any atom is -0.333 e. The van der Waals surface area contributed by atoms with Gasteiger partial charge in [0.15, 0.2) is 0 Å². The molecule has 1 aliphatic heterocycles. The molecule has 1 aliphatic rings. The summed E-state index contributed by atoms with van der Waals surface area (Å²) in [5.41, 5.74) is 5.85. The summed E-state index contributed by atoms with van der Waals surface area (Å²) in [6.45, 7) is 12.4. The van der Waals surface area contributed by atoms with E-state index in [2.05, 4.69) is 31.5 Å². The van der Waals surface area contributed by atoms with E-state index in [9.17, 15) is 4.79 Å². The third kappa shape index (κ3) is 11.6. The van der Waals surface area contributed by atoms with Crippen molar-refractivity contribution in [3.63, 3.8) is 0 Å². The molecule has 0 aliphatic carbocycles. The van der Waals surface area contributed by atoms with Crippen molar-refractivity contribution in [3.05, 3.63) is 47.7 Å². The molecule has 1 rings (SSSR count). The Labute approximate surface area is 168 Å². The van der Waals surface area contributed by atoms with Crippen molar-refractivity contribution in [1.29, 1.82) is 0 Å². The van der Waals surface area contributed by atoms with Gasteiger partial charge in [-0.25, -0.2) is 0 Å². The molecule has 0 amide bonds. The molecule has 0 spiro atoms. The van der Waals surface area contributed by atoms with Gasteiger partial charge in [0.05, 0.1) is 11.1 Å². The second-order valence-corrected chi connectivity index (χ2v) is 6.66. The van der Waals surface area contributed by atoms with Crippen LogP contribution in [0.5, 0.6) is 0 Å². The molecule has 0 fully saturated rings. The van der Waals surface area contributed by atoms with Crippen LogP contribution in [-0.4, -0.2) is 19.0 Å². The summed E-state index contributed by atoms with van der Waals surface area (Å²) in [4.78, 5) is 17.1. The Bertz CT molecular complexity index is 505. The largest absolute Gasteiger partial charge is 0.333 e. The lowest BCUT2D eigenvalue weighted by Crippen LogP contribution is -2.27. The molecule has 0 saturated carbocycles. The van der Waals surface area contributed by atoms with Crippen molar-refractivity contribution < 1.29 is 4.79 Å². The minimum atomic E-state index is -0.595. The van der Waals surface area contributed by atoms with Crippen molar-refractivity contribution in [1.82, 2.24) is 0 Å². The average molecular weight is 375 g/mol. The maximum Gasteiger partial charge on any atom is 0.147 e. The van der Waals surface area contributed by atoms with E-state index < -0.39 is 5.41 Å². The highest BCUT2D eigenvalue weighted by atomic mass is 16.1. The van der Waals surface area contributed by atoms with Gasteiger partial charge < -0.3 is 5.73 Å². The van der Waals surface area contributed by atoms with E-state index in [0.717, 1.165) is 24.1 Å². The van der Waals surface area contributed by atoms with E-state index in [4.69, 9.17) is 0 Å². The number of unbranched alkanes of at least 4 members (excludes halogenated alkanes) is 3. The molecule has 0 aromatic heterocycles. The fraction of sp³-hybridized carbons (Fsp3) is 0.583. The van der Waals surface area contributed by atoms with E-state index in [0.29, 0.717) is 6.42 Å². The summed E-state index contributed by atoms with van der Waals surface area (Å²) in [6, 6.07) is 0. The van der Waals surface area contributed by atoms with E-state index in [1.807, 2.05) is 57.2 Å². The van der Waals surface area contributed by atoms with E-state index >= 15 is 0 Å². The zero-order valence-electron chi connectivity index (χ0n) is 18.7. The number of hydrogen-bond donors (Lipinski definition) is 1. The molecule has 1 atom stereocenters. The third-order valence-electron chi connectivity index (χ3n) is 3.91. The minimum absolute atomic E-state index is 0.255. The second-order valence-electron chi connectivity index (χ2n) is 6.66. The van der Waals surface area contributed by atoms with Gasteiger partial charge in [0.1, 0.15) is 5.78 Å². The first-order valence-corrected chi connectivity index (χ1v) is 10.3. The van der Waals surface area contributed by atoms with Gasteiger partial charge in [-0.1, -0.05) is 76.8 Å². The van der Waals surface area contributed by atoms with Crippen LogP contribution in [0.4, 0.5) is 0 Å². The number of hydrogen-bond acceptors (Lipinski definition) is 3. The number of carbonyl (C=O) groups is 1. The van der Waals surface area contributed by atoms with E-state index in [1.54, 1.807) is 6.21 Å². The van der Waals surface area contributed by atoms with Gasteiger partial charge in [0.2, 0.25) is 0 Å². The Kier molecular flexibility index (Phi) is 18.0. The Morgan fingerprint density at radius 1 is 1.07 bits per heavy atom. The summed E-state index contributed by atoms with van der Waals surface area (Å²) < 4.78 is 0. The summed E-state index contributed by atoms with van der Waals surface area (Å²) in [5.74, 6) is 0.255. The molecule has 0 radical (unpaired) electrons. The van der Waals surface area contributed by atoms with E-state index in [-0.39, 0.29) is 5.78 Å². The molecule has 3 heteroatoms. The summed E-state index contributed by atoms with van der Waals surface area (Å²) in [5, 5.41) is 0. The Hall–Kier alpha value is -1.74. The van der Waals surface area contributed by atoms with Gasteiger partial charge in [-0.05, 0) is 45.9 Å². The first-order chi connectivity index (χ1) is 13.0. The summed E-state index contributed by atoms with van der Waals surface area (Å²) in [7, 11) is 1.50. The smallest absolute Gasteiger partial charge is 0.147 e. The third-order valence-corrected chi connectivity index (χ3v) is 3.91. The number of carbonyl (C=O) groups excluding carboxylic acids is 1. The van der Waals surface area contributed by atoms with Crippen LogP contribution >= 0.6 is 0 Å². The van der Waals surface area contributed by atoms with Gasteiger partial charge in [-0.2, -0.15) is 0 Å². The first kappa shape index (κ1) is 27.5. The highest BCUT2D eigenvalue weighted by molar-refractivity contribution is 6.02. The Balaban J connectivity index is 0. The molecule has 27 heavy (non-hydrogen) atoms. The molecule has 0 saturated heterocycles. The van der Waals surface area contributed by atoms with E-state index in [1.165, 1.54) is 26.3 Å². The highest BCUT2D eigenvalue weighted by Crippen LogP contribution is 2.27. The highest BCUT2D eigenvalue weighted by Gasteiger charge is 2.28. The second kappa shape index (κ2) is 17.7. The lowest BCUT2D eigenvalue weighted by atomic mass is 9.83. The fourth-order valence-electron chi connectivity index (χ4n) is 2.43. The van der Waals surface area contributed by atoms with Gasteiger partial charge in [0, 0.05) is 12.6 Å². The molecule has 2 N–H and O–H groups in total. The number of ketones is 1. The van der Waals surface area contributed by atoms with Crippen LogP contribution < -0.4 is 5.73 Å². The zero-order chi connectivity index (χ0) is 21.1. The topological polar surface area (TPSA) is 55.5 Å². The van der Waals surface area contributed by atoms with Gasteiger partial charge in [-0.3, -0.25) is 9.79 Å². The van der Waals surface area contributed by atoms with Crippen LogP contribution in [0.3, 0.4) is 0 Å². The standard InChI is InChI=1S/C20H29NO.C3H8.CH5N/c1-5-8-9-10-13-19(22)20(4)15-14-17(11-6-2)18(12-7-3)21-16-20;1-3-2;1-2/h6-7,11-12,14-16H,5,8-10,13H2,1-4H3;3H2,1-2H3;2H2,1H3/b11-6-,12-7-;;. The molecule has 0 bridgehead atoms. The molecule has 0 aromatic carbocycles. The monoisotopic (exact) mass is 374 g/mol. The fourth-order valence-corrected chi connectivity index (χ4v) is 2.43. The first-order valence-electron chi connectivity index (χ1n) is 10.3. The molecule has 1 heterocycles. The van der Waals surface area contributed by atoms with Gasteiger partial charge >= 0.3 is 0 Å². The number of nitrogens with zero attached hydrogens (tertiary/aromatic N) is 1. The molecular weight excluding hydrogens is 332 g/mol. The number of allylic oxidation sites excluding steroid dienone is 7. The van der Waals surface area contributed by atoms with Crippen molar-refractivity contribution in [3.8, 4) is 0 Å². The van der Waals surface area contributed by atoms with Crippen LogP contribution in [-0.2, 0) is 4.79 Å². The van der Waals surface area contributed by atoms with Crippen LogP contribution in [0.25, 0.3) is 0 Å². The predicted octanol–water partition coefficient (Wildman–Crippen LogP) is 6.57. The van der Waals surface area contributed by atoms with Gasteiger partial charge in [0.25, 0.3) is 0 Å². The Morgan fingerprint density at radius 2 is 1.67 bits per heavy atom. The number of rotatable bonds is 8. The predicted molar refractivity (Wildman–Crippen MR) is 122 cm³/mol. The van der Waals surface area contributed by atoms with Crippen molar-refractivity contribution in [2.45, 2.75) is 80.1 Å². The van der Waals surface area contributed by atoms with Crippen LogP contribution in [0, 0.1) is 5.41 Å². The van der Waals surface area contributed by atoms with Crippen molar-refractivity contribution in [2.75, 3.05) is 7.05 Å². The van der Waals surface area contributed by atoms with Crippen LogP contribution in [0.15, 0.2) is 52.7 Å². The van der Waals surface area contributed by atoms with Crippen LogP contribution in [0.2, 0.25) is 0 Å². The number of aliphatic imine (C=N–C) groups is 1. The SMILES string of the molecule is C/C=C\C1=C(/C=C\C)N=CC(C)(C(=O)CCCCCC)C=C1.CCC.CN. The number of nitrogens with two attached hydrogens (primary N) is 1. The lowest BCUT2D eigenvalue weighted by Gasteiger charge is -2.18. The maximum absolute atomic E-state index is 12.6. The van der Waals surface area contributed by atoms with Crippen LogP contribution in [0.1, 0.15) is 80.1 Å². The van der Waals surface area contributed by atoms with Crippen molar-refractivity contribution in [2.24, 2.45) is 16.1 Å². The lowest BCUT2D eigenvalue weighted by molar-refractivity contribution is -0.123. The zero-order valence-corrected chi connectivity index (χ0v) is 18.7. The average Bonchev–Trinajstić information content (AvgIpc) is 2.83. The summed E-state index contributed by atoms with van der Waals surface area (Å²) in [6.07, 6.45) is 20.2. The molecule has 0 aromatic rings. The van der Waals surface area contributed by atoms with Gasteiger partial charge in [-0.15, -0.1) is 0 Å². The van der Waals surface area contributed by atoms with Crippen molar-refractivity contribution >= 4 is 12.0 Å². The number of Topliss-reactive ketones (excluding diaryl/α,β-unsaturated/α-hetero) is 1. The summed E-state index contributed by atoms with van der Waals surface area (Å²) >= 11 is 0. The molecular formula is C24H42N2O.